The van der Waals surface area contributed by atoms with Gasteiger partial charge in [-0.1, -0.05) is 96.4 Å². The van der Waals surface area contributed by atoms with Crippen molar-refractivity contribution in [1.82, 2.24) is 10.2 Å². The van der Waals surface area contributed by atoms with E-state index in [0.717, 1.165) is 23.1 Å². The molecule has 4 nitrogen and oxygen atoms in total. The Bertz CT molecular complexity index is 1140. The van der Waals surface area contributed by atoms with E-state index in [-0.39, 0.29) is 24.1 Å². The van der Waals surface area contributed by atoms with Gasteiger partial charge in [0.1, 0.15) is 6.04 Å². The van der Waals surface area contributed by atoms with Crippen LogP contribution in [0.4, 0.5) is 0 Å². The van der Waals surface area contributed by atoms with Crippen molar-refractivity contribution in [1.29, 1.82) is 0 Å². The molecule has 1 atom stereocenters. The summed E-state index contributed by atoms with van der Waals surface area (Å²) in [5.74, 6) is 0.701. The molecule has 190 valence electrons. The summed E-state index contributed by atoms with van der Waals surface area (Å²) in [4.78, 5) is 28.6. The van der Waals surface area contributed by atoms with Gasteiger partial charge in [0.05, 0.1) is 5.75 Å². The number of thioether (sulfide) groups is 1. The number of rotatable bonds is 12. The first-order valence-corrected chi connectivity index (χ1v) is 14.0. The maximum atomic E-state index is 13.6. The lowest BCUT2D eigenvalue weighted by Gasteiger charge is -2.32. The van der Waals surface area contributed by atoms with Crippen molar-refractivity contribution in [2.45, 2.75) is 45.0 Å². The molecule has 0 aliphatic carbocycles. The minimum Gasteiger partial charge on any atom is -0.354 e. The Morgan fingerprint density at radius 2 is 1.69 bits per heavy atom. The number of benzene rings is 3. The van der Waals surface area contributed by atoms with Gasteiger partial charge in [0.15, 0.2) is 0 Å². The Morgan fingerprint density at radius 3 is 2.36 bits per heavy atom. The second-order valence-corrected chi connectivity index (χ2v) is 10.6. The number of nitrogens with one attached hydrogen (secondary N) is 1. The topological polar surface area (TPSA) is 49.4 Å². The lowest BCUT2D eigenvalue weighted by Crippen LogP contribution is -2.51. The Hall–Kier alpha value is -2.47. The molecule has 2 amide bonds. The lowest BCUT2D eigenvalue weighted by molar-refractivity contribution is -0.139. The van der Waals surface area contributed by atoms with Crippen molar-refractivity contribution in [2.24, 2.45) is 0 Å². The van der Waals surface area contributed by atoms with E-state index in [1.807, 2.05) is 43.3 Å². The third-order valence-corrected chi connectivity index (χ3v) is 7.37. The first kappa shape index (κ1) is 28.1. The number of halogens is 2. The van der Waals surface area contributed by atoms with Crippen molar-refractivity contribution in [3.63, 3.8) is 0 Å². The van der Waals surface area contributed by atoms with Gasteiger partial charge in [-0.05, 0) is 42.2 Å². The van der Waals surface area contributed by atoms with Crippen LogP contribution in [0.25, 0.3) is 0 Å². The third-order valence-electron chi connectivity index (χ3n) is 5.79. The number of hydrogen-bond acceptors (Lipinski definition) is 3. The van der Waals surface area contributed by atoms with Crippen LogP contribution < -0.4 is 5.32 Å². The molecule has 0 bridgehead atoms. The SMILES string of the molecule is CCCNC(=O)[C@@H](Cc1ccccc1)N(Cc1ccc(Cl)cc1Cl)C(=O)CSCc1ccc(C)cc1. The summed E-state index contributed by atoms with van der Waals surface area (Å²) in [6.45, 7) is 4.83. The predicted octanol–water partition coefficient (Wildman–Crippen LogP) is 6.70. The standard InChI is InChI=1S/C29H32Cl2N2O2S/c1-3-15-32-29(35)27(16-22-7-5-4-6-8-22)33(18-24-13-14-25(30)17-26(24)31)28(34)20-36-19-23-11-9-21(2)10-12-23/h4-14,17,27H,3,15-16,18-20H2,1-2H3,(H,32,35)/t27-/m1/s1. The molecule has 3 aromatic rings. The zero-order valence-corrected chi connectivity index (χ0v) is 23.0. The van der Waals surface area contributed by atoms with Crippen LogP contribution in [0.1, 0.15) is 35.6 Å². The van der Waals surface area contributed by atoms with Crippen LogP contribution in [0.5, 0.6) is 0 Å². The number of amides is 2. The fourth-order valence-corrected chi connectivity index (χ4v) is 5.12. The summed E-state index contributed by atoms with van der Waals surface area (Å²) in [6.07, 6.45) is 1.23. The van der Waals surface area contributed by atoms with Gasteiger partial charge in [-0.15, -0.1) is 11.8 Å². The van der Waals surface area contributed by atoms with Gasteiger partial charge >= 0.3 is 0 Å². The molecule has 7 heteroatoms. The maximum Gasteiger partial charge on any atom is 0.243 e. The quantitative estimate of drug-likeness (QED) is 0.277. The van der Waals surface area contributed by atoms with E-state index in [1.165, 1.54) is 5.56 Å². The molecule has 36 heavy (non-hydrogen) atoms. The molecule has 0 heterocycles. The molecule has 3 aromatic carbocycles. The average Bonchev–Trinajstić information content (AvgIpc) is 2.87. The van der Waals surface area contributed by atoms with E-state index in [1.54, 1.807) is 28.8 Å². The largest absolute Gasteiger partial charge is 0.354 e. The van der Waals surface area contributed by atoms with E-state index >= 15 is 0 Å². The highest BCUT2D eigenvalue weighted by Gasteiger charge is 2.30. The van der Waals surface area contributed by atoms with Gasteiger partial charge in [0.25, 0.3) is 0 Å². The molecule has 0 radical (unpaired) electrons. The van der Waals surface area contributed by atoms with Gasteiger partial charge in [0, 0.05) is 35.3 Å². The molecule has 1 N–H and O–H groups in total. The Kier molecular flexibility index (Phi) is 11.2. The summed E-state index contributed by atoms with van der Waals surface area (Å²) in [7, 11) is 0. The molecular formula is C29H32Cl2N2O2S. The van der Waals surface area contributed by atoms with Crippen LogP contribution in [0.15, 0.2) is 72.8 Å². The highest BCUT2D eigenvalue weighted by molar-refractivity contribution is 7.99. The van der Waals surface area contributed by atoms with Crippen LogP contribution in [0, 0.1) is 6.92 Å². The average molecular weight is 544 g/mol. The van der Waals surface area contributed by atoms with E-state index in [9.17, 15) is 9.59 Å². The first-order valence-electron chi connectivity index (χ1n) is 12.1. The molecule has 0 saturated carbocycles. The van der Waals surface area contributed by atoms with Crippen LogP contribution in [0.3, 0.4) is 0 Å². The summed E-state index contributed by atoms with van der Waals surface area (Å²) in [5, 5.41) is 3.99. The second kappa shape index (κ2) is 14.3. The van der Waals surface area contributed by atoms with Crippen LogP contribution in [-0.4, -0.2) is 35.1 Å². The minimum atomic E-state index is -0.668. The summed E-state index contributed by atoms with van der Waals surface area (Å²) in [5.41, 5.74) is 4.10. The Morgan fingerprint density at radius 1 is 0.972 bits per heavy atom. The smallest absolute Gasteiger partial charge is 0.243 e. The maximum absolute atomic E-state index is 13.6. The lowest BCUT2D eigenvalue weighted by atomic mass is 10.0. The fourth-order valence-electron chi connectivity index (χ4n) is 3.78. The summed E-state index contributed by atoms with van der Waals surface area (Å²) in [6, 6.07) is 22.6. The number of carbonyl (C=O) groups excluding carboxylic acids is 2. The van der Waals surface area contributed by atoms with E-state index in [4.69, 9.17) is 23.2 Å². The highest BCUT2D eigenvalue weighted by atomic mass is 35.5. The van der Waals surface area contributed by atoms with Crippen molar-refractivity contribution >= 4 is 46.8 Å². The fraction of sp³-hybridized carbons (Fsp3) is 0.310. The monoisotopic (exact) mass is 542 g/mol. The number of hydrogen-bond donors (Lipinski definition) is 1. The molecule has 0 aliphatic rings. The van der Waals surface area contributed by atoms with Gasteiger partial charge in [0.2, 0.25) is 11.8 Å². The number of carbonyl (C=O) groups is 2. The van der Waals surface area contributed by atoms with Gasteiger partial charge in [-0.3, -0.25) is 9.59 Å². The molecular weight excluding hydrogens is 511 g/mol. The van der Waals surface area contributed by atoms with Gasteiger partial charge < -0.3 is 10.2 Å². The van der Waals surface area contributed by atoms with Gasteiger partial charge in [-0.2, -0.15) is 0 Å². The van der Waals surface area contributed by atoms with Crippen molar-refractivity contribution < 1.29 is 9.59 Å². The minimum absolute atomic E-state index is 0.106. The van der Waals surface area contributed by atoms with E-state index < -0.39 is 6.04 Å². The van der Waals surface area contributed by atoms with Crippen molar-refractivity contribution in [3.05, 3.63) is 105 Å². The van der Waals surface area contributed by atoms with Crippen molar-refractivity contribution in [2.75, 3.05) is 12.3 Å². The summed E-state index contributed by atoms with van der Waals surface area (Å²) < 4.78 is 0. The highest BCUT2D eigenvalue weighted by Crippen LogP contribution is 2.25. The third kappa shape index (κ3) is 8.58. The predicted molar refractivity (Wildman–Crippen MR) is 152 cm³/mol. The molecule has 0 fully saturated rings. The van der Waals surface area contributed by atoms with Crippen molar-refractivity contribution in [3.8, 4) is 0 Å². The Labute approximate surface area is 228 Å². The van der Waals surface area contributed by atoms with Crippen LogP contribution in [-0.2, 0) is 28.3 Å². The number of nitrogens with zero attached hydrogens (tertiary/aromatic N) is 1. The summed E-state index contributed by atoms with van der Waals surface area (Å²) >= 11 is 14.1. The number of aryl methyl sites for hydroxylation is 1. The molecule has 0 aromatic heterocycles. The second-order valence-electron chi connectivity index (χ2n) is 8.73. The molecule has 0 saturated heterocycles. The zero-order chi connectivity index (χ0) is 25.9. The Balaban J connectivity index is 1.85. The van der Waals surface area contributed by atoms with Crippen LogP contribution >= 0.6 is 35.0 Å². The zero-order valence-electron chi connectivity index (χ0n) is 20.7. The molecule has 0 aliphatic heterocycles. The normalized spacial score (nSPS) is 11.7. The first-order chi connectivity index (χ1) is 17.4. The molecule has 0 unspecified atom stereocenters. The van der Waals surface area contributed by atoms with E-state index in [2.05, 4.69) is 36.5 Å². The van der Waals surface area contributed by atoms with E-state index in [0.29, 0.717) is 28.8 Å². The van der Waals surface area contributed by atoms with Gasteiger partial charge in [-0.25, -0.2) is 0 Å². The molecule has 0 spiro atoms. The van der Waals surface area contributed by atoms with Crippen LogP contribution in [0.2, 0.25) is 10.0 Å². The molecule has 3 rings (SSSR count).